The smallest absolute Gasteiger partial charge is 0.410 e. The highest BCUT2D eigenvalue weighted by molar-refractivity contribution is 9.10. The number of carbonyl (C=O) groups is 1. The first kappa shape index (κ1) is 15.8. The molecule has 0 aliphatic carbocycles. The zero-order valence-electron chi connectivity index (χ0n) is 17.8. The van der Waals surface area contributed by atoms with Crippen LogP contribution in [0.25, 0.3) is 0 Å². The van der Waals surface area contributed by atoms with Gasteiger partial charge in [0.1, 0.15) is 27.4 Å². The molecule has 3 rings (SSSR count). The summed E-state index contributed by atoms with van der Waals surface area (Å²) in [6.07, 6.45) is -0.355. The van der Waals surface area contributed by atoms with Crippen molar-refractivity contribution in [2.24, 2.45) is 0 Å². The van der Waals surface area contributed by atoms with Gasteiger partial charge in [-0.1, -0.05) is 11.6 Å². The minimum Gasteiger partial charge on any atom is -0.488 e. The molecule has 0 bridgehead atoms. The molecule has 1 aromatic rings. The van der Waals surface area contributed by atoms with Gasteiger partial charge >= 0.3 is 6.09 Å². The summed E-state index contributed by atoms with van der Waals surface area (Å²) in [4.78, 5) is 20.5. The first-order valence-corrected chi connectivity index (χ1v) is 9.43. The van der Waals surface area contributed by atoms with Gasteiger partial charge in [-0.2, -0.15) is 0 Å². The molecule has 0 saturated carbocycles. The van der Waals surface area contributed by atoms with E-state index in [1.807, 2.05) is 20.8 Å². The summed E-state index contributed by atoms with van der Waals surface area (Å²) in [5, 5.41) is 0.207. The molecule has 1 atom stereocenters. The number of piperazine rings is 1. The van der Waals surface area contributed by atoms with Gasteiger partial charge in [0.15, 0.2) is 5.75 Å². The maximum absolute atomic E-state index is 12.4. The van der Waals surface area contributed by atoms with E-state index in [1.165, 1.54) is 0 Å². The molecule has 26 heavy (non-hydrogen) atoms. The molecule has 1 fully saturated rings. The normalized spacial score (nSPS) is 22.7. The predicted molar refractivity (Wildman–Crippen MR) is 101 cm³/mol. The molecule has 144 valence electrons. The van der Waals surface area contributed by atoms with Crippen molar-refractivity contribution in [2.45, 2.75) is 39.0 Å². The molecule has 0 radical (unpaired) electrons. The molecular formula is C17H23BrClN3O4. The van der Waals surface area contributed by atoms with E-state index in [2.05, 4.69) is 25.8 Å². The zero-order chi connectivity index (χ0) is 21.6. The molecule has 1 amide bonds. The van der Waals surface area contributed by atoms with E-state index >= 15 is 0 Å². The number of methoxy groups -OCH3 is 1. The van der Waals surface area contributed by atoms with Crippen molar-refractivity contribution in [3.05, 3.63) is 15.2 Å². The second-order valence-corrected chi connectivity index (χ2v) is 8.46. The minimum atomic E-state index is -2.65. The lowest BCUT2D eigenvalue weighted by molar-refractivity contribution is -0.00164. The lowest BCUT2D eigenvalue weighted by Gasteiger charge is -2.40. The molecule has 0 aromatic carbocycles. The van der Waals surface area contributed by atoms with Crippen LogP contribution in [0.3, 0.4) is 0 Å². The molecule has 0 spiro atoms. The summed E-state index contributed by atoms with van der Waals surface area (Å²) in [6.45, 7) is 7.73. The lowest BCUT2D eigenvalue weighted by atomic mass is 10.1. The second kappa shape index (κ2) is 7.40. The number of aromatic nitrogens is 1. The second-order valence-electron chi connectivity index (χ2n) is 7.28. The van der Waals surface area contributed by atoms with Gasteiger partial charge < -0.3 is 19.1 Å². The van der Waals surface area contributed by atoms with Crippen LogP contribution >= 0.6 is 27.5 Å². The number of fused-ring (bicyclic) bond motifs is 2. The van der Waals surface area contributed by atoms with Crippen LogP contribution in [0.4, 0.5) is 4.79 Å². The zero-order valence-corrected chi connectivity index (χ0v) is 17.2. The highest BCUT2D eigenvalue weighted by Gasteiger charge is 2.36. The third-order valence-electron chi connectivity index (χ3n) is 4.20. The van der Waals surface area contributed by atoms with E-state index in [1.54, 1.807) is 4.90 Å². The van der Waals surface area contributed by atoms with Gasteiger partial charge in [-0.15, -0.1) is 0 Å². The van der Waals surface area contributed by atoms with Crippen molar-refractivity contribution in [3.8, 4) is 11.6 Å². The highest BCUT2D eigenvalue weighted by atomic mass is 79.9. The number of hydrogen-bond donors (Lipinski definition) is 0. The van der Waals surface area contributed by atoms with Crippen LogP contribution in [-0.4, -0.2) is 65.8 Å². The van der Waals surface area contributed by atoms with Crippen molar-refractivity contribution in [1.82, 2.24) is 14.8 Å². The van der Waals surface area contributed by atoms with E-state index in [9.17, 15) is 4.79 Å². The fraction of sp³-hybridized carbons (Fsp3) is 0.647. The largest absolute Gasteiger partial charge is 0.488 e. The Kier molecular flexibility index (Phi) is 4.49. The molecular weight excluding hydrogens is 426 g/mol. The fourth-order valence-electron chi connectivity index (χ4n) is 2.99. The monoisotopic (exact) mass is 450 g/mol. The predicted octanol–water partition coefficient (Wildman–Crippen LogP) is 3.32. The molecule has 9 heteroatoms. The summed E-state index contributed by atoms with van der Waals surface area (Å²) in [5.41, 5.74) is -0.0708. The Morgan fingerprint density at radius 1 is 1.46 bits per heavy atom. The lowest BCUT2D eigenvalue weighted by Crippen LogP contribution is -2.56. The van der Waals surface area contributed by atoms with Gasteiger partial charge in [0.25, 0.3) is 0 Å². The Balaban J connectivity index is 1.79. The Morgan fingerprint density at radius 2 is 2.23 bits per heavy atom. The first-order chi connectivity index (χ1) is 13.3. The Morgan fingerprint density at radius 3 is 2.92 bits per heavy atom. The molecule has 0 N–H and O–H groups in total. The van der Waals surface area contributed by atoms with Crippen molar-refractivity contribution >= 4 is 33.6 Å². The third-order valence-corrected chi connectivity index (χ3v) is 5.53. The quantitative estimate of drug-likeness (QED) is 0.653. The van der Waals surface area contributed by atoms with Crippen LogP contribution in [0.5, 0.6) is 11.6 Å². The number of nitrogens with zero attached hydrogens (tertiary/aromatic N) is 3. The van der Waals surface area contributed by atoms with Crippen LogP contribution in [0.15, 0.2) is 4.47 Å². The number of rotatable bonds is 1. The Labute approximate surface area is 170 Å². The molecule has 3 heterocycles. The van der Waals surface area contributed by atoms with Crippen molar-refractivity contribution in [1.29, 1.82) is 0 Å². The van der Waals surface area contributed by atoms with E-state index in [-0.39, 0.29) is 27.5 Å². The third kappa shape index (κ3) is 4.02. The number of amides is 1. The first-order valence-electron chi connectivity index (χ1n) is 9.76. The average Bonchev–Trinajstić information content (AvgIpc) is 2.75. The summed E-state index contributed by atoms with van der Waals surface area (Å²) in [7, 11) is -2.65. The topological polar surface area (TPSA) is 64.1 Å². The van der Waals surface area contributed by atoms with Gasteiger partial charge in [0, 0.05) is 26.2 Å². The summed E-state index contributed by atoms with van der Waals surface area (Å²) in [6, 6.07) is -0.0766. The van der Waals surface area contributed by atoms with Gasteiger partial charge in [-0.05, 0) is 36.7 Å². The van der Waals surface area contributed by atoms with Gasteiger partial charge in [0.05, 0.1) is 17.2 Å². The maximum atomic E-state index is 12.4. The van der Waals surface area contributed by atoms with Gasteiger partial charge in [0.2, 0.25) is 5.88 Å². The SMILES string of the molecule is [2H]C([2H])([2H])Oc1nc2c(c(Cl)c1Br)OC[C@H]1CN(C(=O)OC(C)(C)C)CCN1C2. The molecule has 2 aliphatic heterocycles. The van der Waals surface area contributed by atoms with E-state index in [0.29, 0.717) is 44.2 Å². The highest BCUT2D eigenvalue weighted by Crippen LogP contribution is 2.41. The molecule has 2 aliphatic rings. The van der Waals surface area contributed by atoms with E-state index in [4.69, 9.17) is 29.9 Å². The van der Waals surface area contributed by atoms with E-state index in [0.717, 1.165) is 0 Å². The van der Waals surface area contributed by atoms with E-state index < -0.39 is 12.6 Å². The fourth-order valence-corrected chi connectivity index (χ4v) is 3.58. The summed E-state index contributed by atoms with van der Waals surface area (Å²) < 4.78 is 38.5. The van der Waals surface area contributed by atoms with Crippen molar-refractivity contribution in [3.63, 3.8) is 0 Å². The van der Waals surface area contributed by atoms with Crippen LogP contribution in [0.2, 0.25) is 5.02 Å². The molecule has 7 nitrogen and oxygen atoms in total. The number of pyridine rings is 1. The number of carbonyl (C=O) groups excluding carboxylic acids is 1. The van der Waals surface area contributed by atoms with Crippen molar-refractivity contribution < 1.29 is 23.1 Å². The van der Waals surface area contributed by atoms with Gasteiger partial charge in [-0.25, -0.2) is 9.78 Å². The average molecular weight is 452 g/mol. The molecule has 1 saturated heterocycles. The van der Waals surface area contributed by atoms with Crippen LogP contribution in [-0.2, 0) is 11.3 Å². The van der Waals surface area contributed by atoms with Crippen LogP contribution in [0.1, 0.15) is 30.6 Å². The number of ether oxygens (including phenoxy) is 3. The standard InChI is InChI=1S/C17H23BrClN3O4/c1-17(2,3)26-16(23)22-6-5-21-8-11-14(25-9-10(21)7-22)13(19)12(18)15(20-11)24-4/h10H,5-9H2,1-4H3/t10-/m1/s1/i4D3. The number of hydrogen-bond acceptors (Lipinski definition) is 6. The Bertz CT molecular complexity index is 804. The summed E-state index contributed by atoms with van der Waals surface area (Å²) in [5.74, 6) is 0.276. The van der Waals surface area contributed by atoms with Gasteiger partial charge in [-0.3, -0.25) is 4.90 Å². The Hall–Kier alpha value is -1.25. The molecule has 1 aromatic heterocycles. The minimum absolute atomic E-state index is 0.0766. The summed E-state index contributed by atoms with van der Waals surface area (Å²) >= 11 is 9.63. The van der Waals surface area contributed by atoms with Crippen LogP contribution < -0.4 is 9.47 Å². The maximum Gasteiger partial charge on any atom is 0.410 e. The van der Waals surface area contributed by atoms with Crippen LogP contribution in [0, 0.1) is 0 Å². The van der Waals surface area contributed by atoms with Crippen molar-refractivity contribution in [2.75, 3.05) is 33.3 Å². The molecule has 0 unspecified atom stereocenters. The number of halogens is 2.